The molecule has 0 aliphatic carbocycles. The number of carbonyl (C=O) groups is 1. The quantitative estimate of drug-likeness (QED) is 0.920. The SMILES string of the molecule is CNC(=O)CN1CCN(c2cccc(C(F)(F)F)c2)CC1. The van der Waals surface area contributed by atoms with Gasteiger partial charge in [0.2, 0.25) is 5.91 Å². The average Bonchev–Trinajstić information content (AvgIpc) is 2.47. The van der Waals surface area contributed by atoms with Gasteiger partial charge < -0.3 is 10.2 Å². The molecule has 0 spiro atoms. The highest BCUT2D eigenvalue weighted by Crippen LogP contribution is 2.31. The van der Waals surface area contributed by atoms with E-state index in [-0.39, 0.29) is 5.91 Å². The zero-order valence-corrected chi connectivity index (χ0v) is 11.8. The normalized spacial score (nSPS) is 16.9. The number of alkyl halides is 3. The van der Waals surface area contributed by atoms with Gasteiger partial charge in [-0.05, 0) is 18.2 Å². The lowest BCUT2D eigenvalue weighted by atomic mass is 10.1. The monoisotopic (exact) mass is 301 g/mol. The number of likely N-dealkylation sites (N-methyl/N-ethyl adjacent to an activating group) is 1. The second kappa shape index (κ2) is 6.34. The molecular weight excluding hydrogens is 283 g/mol. The van der Waals surface area contributed by atoms with Crippen molar-refractivity contribution in [2.75, 3.05) is 44.7 Å². The van der Waals surface area contributed by atoms with Crippen LogP contribution < -0.4 is 10.2 Å². The van der Waals surface area contributed by atoms with Crippen LogP contribution in [0.3, 0.4) is 0 Å². The fourth-order valence-electron chi connectivity index (χ4n) is 2.33. The summed E-state index contributed by atoms with van der Waals surface area (Å²) < 4.78 is 38.1. The molecule has 1 amide bonds. The minimum absolute atomic E-state index is 0.0532. The van der Waals surface area contributed by atoms with Crippen LogP contribution in [-0.4, -0.2) is 50.6 Å². The van der Waals surface area contributed by atoms with E-state index < -0.39 is 11.7 Å². The Morgan fingerprint density at radius 3 is 2.48 bits per heavy atom. The van der Waals surface area contributed by atoms with Gasteiger partial charge >= 0.3 is 6.18 Å². The maximum absolute atomic E-state index is 12.7. The minimum atomic E-state index is -4.32. The van der Waals surface area contributed by atoms with Crippen molar-refractivity contribution in [1.29, 1.82) is 0 Å². The van der Waals surface area contributed by atoms with Crippen molar-refractivity contribution < 1.29 is 18.0 Å². The van der Waals surface area contributed by atoms with Crippen LogP contribution in [0.25, 0.3) is 0 Å². The third-order valence-corrected chi connectivity index (χ3v) is 3.56. The molecule has 0 unspecified atom stereocenters. The Morgan fingerprint density at radius 1 is 1.24 bits per heavy atom. The van der Waals surface area contributed by atoms with Crippen molar-refractivity contribution >= 4 is 11.6 Å². The fraction of sp³-hybridized carbons (Fsp3) is 0.500. The highest BCUT2D eigenvalue weighted by atomic mass is 19.4. The number of hydrogen-bond donors (Lipinski definition) is 1. The van der Waals surface area contributed by atoms with Crippen LogP contribution in [0.4, 0.5) is 18.9 Å². The Labute approximate surface area is 121 Å². The predicted octanol–water partition coefficient (Wildman–Crippen LogP) is 1.57. The molecule has 0 aromatic heterocycles. The van der Waals surface area contributed by atoms with E-state index in [0.29, 0.717) is 38.4 Å². The second-order valence-electron chi connectivity index (χ2n) is 4.98. The molecular formula is C14H18F3N3O. The van der Waals surface area contributed by atoms with Crippen molar-refractivity contribution in [3.8, 4) is 0 Å². The number of piperazine rings is 1. The average molecular weight is 301 g/mol. The Bertz CT molecular complexity index is 496. The number of anilines is 1. The molecule has 1 aromatic rings. The van der Waals surface area contributed by atoms with Crippen LogP contribution in [0, 0.1) is 0 Å². The van der Waals surface area contributed by atoms with Crippen molar-refractivity contribution in [2.45, 2.75) is 6.18 Å². The van der Waals surface area contributed by atoms with Crippen molar-refractivity contribution in [3.05, 3.63) is 29.8 Å². The number of carbonyl (C=O) groups excluding carboxylic acids is 1. The maximum Gasteiger partial charge on any atom is 0.416 e. The van der Waals surface area contributed by atoms with Gasteiger partial charge in [0.1, 0.15) is 0 Å². The summed E-state index contributed by atoms with van der Waals surface area (Å²) in [6, 6.07) is 5.36. The van der Waals surface area contributed by atoms with E-state index in [1.165, 1.54) is 12.1 Å². The first-order chi connectivity index (χ1) is 9.90. The van der Waals surface area contributed by atoms with Crippen molar-refractivity contribution in [2.24, 2.45) is 0 Å². The van der Waals surface area contributed by atoms with Gasteiger partial charge in [0.25, 0.3) is 0 Å². The first-order valence-electron chi connectivity index (χ1n) is 6.75. The van der Waals surface area contributed by atoms with Gasteiger partial charge in [0.15, 0.2) is 0 Å². The predicted molar refractivity (Wildman–Crippen MR) is 74.2 cm³/mol. The van der Waals surface area contributed by atoms with E-state index in [4.69, 9.17) is 0 Å². The lowest BCUT2D eigenvalue weighted by Gasteiger charge is -2.35. The molecule has 1 aromatic carbocycles. The van der Waals surface area contributed by atoms with E-state index in [0.717, 1.165) is 6.07 Å². The molecule has 1 aliphatic heterocycles. The number of nitrogens with one attached hydrogen (secondary N) is 1. The largest absolute Gasteiger partial charge is 0.416 e. The standard InChI is InChI=1S/C14H18F3N3O/c1-18-13(21)10-19-5-7-20(8-6-19)12-4-2-3-11(9-12)14(15,16)17/h2-4,9H,5-8,10H2,1H3,(H,18,21). The van der Waals surface area contributed by atoms with Gasteiger partial charge in [-0.2, -0.15) is 13.2 Å². The zero-order valence-electron chi connectivity index (χ0n) is 11.8. The number of halogens is 3. The van der Waals surface area contributed by atoms with Gasteiger partial charge in [0, 0.05) is 38.9 Å². The second-order valence-corrected chi connectivity index (χ2v) is 4.98. The highest BCUT2D eigenvalue weighted by molar-refractivity contribution is 5.77. The Morgan fingerprint density at radius 2 is 1.90 bits per heavy atom. The lowest BCUT2D eigenvalue weighted by molar-refractivity contribution is -0.137. The lowest BCUT2D eigenvalue weighted by Crippen LogP contribution is -2.49. The molecule has 2 rings (SSSR count). The summed E-state index contributed by atoms with van der Waals surface area (Å²) >= 11 is 0. The van der Waals surface area contributed by atoms with Crippen molar-refractivity contribution in [1.82, 2.24) is 10.2 Å². The van der Waals surface area contributed by atoms with Crippen LogP contribution in [0.2, 0.25) is 0 Å². The molecule has 0 radical (unpaired) electrons. The van der Waals surface area contributed by atoms with Gasteiger partial charge in [-0.15, -0.1) is 0 Å². The van der Waals surface area contributed by atoms with Crippen LogP contribution in [-0.2, 0) is 11.0 Å². The highest BCUT2D eigenvalue weighted by Gasteiger charge is 2.31. The van der Waals surface area contributed by atoms with E-state index in [2.05, 4.69) is 5.32 Å². The first-order valence-corrected chi connectivity index (χ1v) is 6.75. The molecule has 0 saturated carbocycles. The third-order valence-electron chi connectivity index (χ3n) is 3.56. The summed E-state index contributed by atoms with van der Waals surface area (Å²) in [5.41, 5.74) is -0.0581. The molecule has 4 nitrogen and oxygen atoms in total. The number of benzene rings is 1. The van der Waals surface area contributed by atoms with Gasteiger partial charge in [-0.1, -0.05) is 6.07 Å². The molecule has 1 fully saturated rings. The molecule has 1 heterocycles. The number of rotatable bonds is 3. The van der Waals surface area contributed by atoms with Crippen LogP contribution in [0.15, 0.2) is 24.3 Å². The summed E-state index contributed by atoms with van der Waals surface area (Å²) in [4.78, 5) is 15.2. The summed E-state index contributed by atoms with van der Waals surface area (Å²) in [5.74, 6) is -0.0532. The molecule has 7 heteroatoms. The third kappa shape index (κ3) is 4.10. The molecule has 21 heavy (non-hydrogen) atoms. The summed E-state index contributed by atoms with van der Waals surface area (Å²) in [6.07, 6.45) is -4.32. The Hall–Kier alpha value is -1.76. The fourth-order valence-corrected chi connectivity index (χ4v) is 2.33. The summed E-state index contributed by atoms with van der Waals surface area (Å²) in [5, 5.41) is 2.56. The number of hydrogen-bond acceptors (Lipinski definition) is 3. The topological polar surface area (TPSA) is 35.6 Å². The smallest absolute Gasteiger partial charge is 0.369 e. The van der Waals surface area contributed by atoms with Crippen LogP contribution in [0.1, 0.15) is 5.56 Å². The first kappa shape index (κ1) is 15.6. The Kier molecular flexibility index (Phi) is 4.72. The maximum atomic E-state index is 12.7. The van der Waals surface area contributed by atoms with Gasteiger partial charge in [0.05, 0.1) is 12.1 Å². The van der Waals surface area contributed by atoms with Crippen molar-refractivity contribution in [3.63, 3.8) is 0 Å². The minimum Gasteiger partial charge on any atom is -0.369 e. The van der Waals surface area contributed by atoms with Gasteiger partial charge in [-0.25, -0.2) is 0 Å². The molecule has 1 aliphatic rings. The van der Waals surface area contributed by atoms with Gasteiger partial charge in [-0.3, -0.25) is 9.69 Å². The summed E-state index contributed by atoms with van der Waals surface area (Å²) in [7, 11) is 1.58. The molecule has 1 saturated heterocycles. The van der Waals surface area contributed by atoms with E-state index >= 15 is 0 Å². The molecule has 116 valence electrons. The summed E-state index contributed by atoms with van der Waals surface area (Å²) in [6.45, 7) is 2.86. The van der Waals surface area contributed by atoms with Crippen LogP contribution in [0.5, 0.6) is 0 Å². The molecule has 0 bridgehead atoms. The van der Waals surface area contributed by atoms with E-state index in [1.807, 2.05) is 9.80 Å². The Balaban J connectivity index is 1.98. The molecule has 1 N–H and O–H groups in total. The van der Waals surface area contributed by atoms with E-state index in [1.54, 1.807) is 13.1 Å². The zero-order chi connectivity index (χ0) is 15.5. The number of amides is 1. The molecule has 0 atom stereocenters. The van der Waals surface area contributed by atoms with Crippen LogP contribution >= 0.6 is 0 Å². The van der Waals surface area contributed by atoms with E-state index in [9.17, 15) is 18.0 Å². The number of nitrogens with zero attached hydrogens (tertiary/aromatic N) is 2.